The highest BCUT2D eigenvalue weighted by molar-refractivity contribution is 7.19. The summed E-state index contributed by atoms with van der Waals surface area (Å²) in [6.07, 6.45) is 1.24. The Balaban J connectivity index is 2.17. The average Bonchev–Trinajstić information content (AvgIpc) is 2.73. The first kappa shape index (κ1) is 13.6. The zero-order chi connectivity index (χ0) is 13.1. The number of thiophene rings is 1. The van der Waals surface area contributed by atoms with Crippen LogP contribution >= 0.6 is 11.3 Å². The Morgan fingerprint density at radius 3 is 2.61 bits per heavy atom. The fraction of sp³-hybridized carbons (Fsp3) is 0.500. The van der Waals surface area contributed by atoms with Gasteiger partial charge in [0.1, 0.15) is 0 Å². The van der Waals surface area contributed by atoms with Gasteiger partial charge in [-0.15, -0.1) is 11.3 Å². The second kappa shape index (κ2) is 5.85. The molecule has 0 spiro atoms. The van der Waals surface area contributed by atoms with Crippen LogP contribution in [0.5, 0.6) is 0 Å². The van der Waals surface area contributed by atoms with Crippen molar-refractivity contribution in [1.29, 1.82) is 0 Å². The van der Waals surface area contributed by atoms with Crippen molar-refractivity contribution in [2.75, 3.05) is 6.54 Å². The van der Waals surface area contributed by atoms with E-state index in [1.54, 1.807) is 0 Å². The predicted molar refractivity (Wildman–Crippen MR) is 82.4 cm³/mol. The van der Waals surface area contributed by atoms with Crippen molar-refractivity contribution in [3.8, 4) is 0 Å². The molecule has 18 heavy (non-hydrogen) atoms. The molecule has 0 aliphatic heterocycles. The van der Waals surface area contributed by atoms with Crippen LogP contribution in [0.4, 0.5) is 0 Å². The summed E-state index contributed by atoms with van der Waals surface area (Å²) in [5.41, 5.74) is 1.44. The van der Waals surface area contributed by atoms with Crippen LogP contribution in [0.3, 0.4) is 0 Å². The molecule has 0 saturated heterocycles. The van der Waals surface area contributed by atoms with E-state index in [-0.39, 0.29) is 0 Å². The summed E-state index contributed by atoms with van der Waals surface area (Å²) >= 11 is 1.93. The molecular formula is C16H23NS. The first-order valence-electron chi connectivity index (χ1n) is 6.84. The van der Waals surface area contributed by atoms with Crippen molar-refractivity contribution < 1.29 is 0 Å². The van der Waals surface area contributed by atoms with E-state index in [1.165, 1.54) is 26.9 Å². The van der Waals surface area contributed by atoms with Crippen molar-refractivity contribution >= 4 is 21.4 Å². The Morgan fingerprint density at radius 2 is 1.94 bits per heavy atom. The molecule has 2 rings (SSSR count). The van der Waals surface area contributed by atoms with Gasteiger partial charge < -0.3 is 5.32 Å². The second-order valence-corrected chi connectivity index (χ2v) is 6.31. The van der Waals surface area contributed by atoms with E-state index >= 15 is 0 Å². The van der Waals surface area contributed by atoms with E-state index in [0.29, 0.717) is 6.04 Å². The van der Waals surface area contributed by atoms with Crippen LogP contribution in [0.2, 0.25) is 0 Å². The molecule has 98 valence electrons. The van der Waals surface area contributed by atoms with Crippen LogP contribution < -0.4 is 5.32 Å². The van der Waals surface area contributed by atoms with E-state index in [1.807, 2.05) is 11.3 Å². The third-order valence-corrected chi connectivity index (χ3v) is 5.20. The zero-order valence-corrected chi connectivity index (χ0v) is 12.6. The summed E-state index contributed by atoms with van der Waals surface area (Å²) in [5.74, 6) is 0.752. The van der Waals surface area contributed by atoms with Crippen LogP contribution in [0, 0.1) is 12.8 Å². The van der Waals surface area contributed by atoms with Crippen LogP contribution in [-0.2, 0) is 0 Å². The SMILES string of the molecule is CCC(C)CNC(C)c1sc2ccccc2c1C. The summed E-state index contributed by atoms with van der Waals surface area (Å²) in [6, 6.07) is 9.16. The van der Waals surface area contributed by atoms with Crippen LogP contribution in [0.25, 0.3) is 10.1 Å². The molecule has 1 aromatic carbocycles. The minimum Gasteiger partial charge on any atom is -0.309 e. The van der Waals surface area contributed by atoms with Crippen molar-refractivity contribution in [2.24, 2.45) is 5.92 Å². The molecule has 1 heterocycles. The van der Waals surface area contributed by atoms with Crippen LogP contribution in [-0.4, -0.2) is 6.54 Å². The van der Waals surface area contributed by atoms with E-state index < -0.39 is 0 Å². The molecule has 0 saturated carbocycles. The minimum absolute atomic E-state index is 0.455. The van der Waals surface area contributed by atoms with Gasteiger partial charge in [-0.2, -0.15) is 0 Å². The van der Waals surface area contributed by atoms with Crippen LogP contribution in [0.15, 0.2) is 24.3 Å². The molecule has 2 heteroatoms. The Morgan fingerprint density at radius 1 is 1.22 bits per heavy atom. The van der Waals surface area contributed by atoms with E-state index in [4.69, 9.17) is 0 Å². The Labute approximate surface area is 114 Å². The quantitative estimate of drug-likeness (QED) is 0.806. The maximum Gasteiger partial charge on any atom is 0.0389 e. The Bertz CT molecular complexity index is 515. The van der Waals surface area contributed by atoms with Crippen molar-refractivity contribution in [1.82, 2.24) is 5.32 Å². The normalized spacial score (nSPS) is 14.9. The van der Waals surface area contributed by atoms with Gasteiger partial charge in [0.15, 0.2) is 0 Å². The third kappa shape index (κ3) is 2.76. The lowest BCUT2D eigenvalue weighted by atomic mass is 10.1. The zero-order valence-electron chi connectivity index (χ0n) is 11.8. The molecule has 1 aromatic heterocycles. The summed E-state index contributed by atoms with van der Waals surface area (Å²) in [6.45, 7) is 10.2. The summed E-state index contributed by atoms with van der Waals surface area (Å²) in [4.78, 5) is 1.49. The number of rotatable bonds is 5. The van der Waals surface area contributed by atoms with Gasteiger partial charge in [-0.05, 0) is 43.3 Å². The minimum atomic E-state index is 0.455. The van der Waals surface area contributed by atoms with Crippen LogP contribution in [0.1, 0.15) is 43.7 Å². The smallest absolute Gasteiger partial charge is 0.0389 e. The lowest BCUT2D eigenvalue weighted by molar-refractivity contribution is 0.463. The maximum absolute atomic E-state index is 3.66. The molecule has 0 amide bonds. The Hall–Kier alpha value is -0.860. The molecule has 1 N–H and O–H groups in total. The van der Waals surface area contributed by atoms with E-state index in [2.05, 4.69) is 57.3 Å². The fourth-order valence-corrected chi connectivity index (χ4v) is 3.46. The molecule has 0 aliphatic rings. The number of nitrogens with one attached hydrogen (secondary N) is 1. The standard InChI is InChI=1S/C16H23NS/c1-5-11(2)10-17-13(4)16-12(3)14-8-6-7-9-15(14)18-16/h6-9,11,13,17H,5,10H2,1-4H3. The number of hydrogen-bond donors (Lipinski definition) is 1. The predicted octanol–water partition coefficient (Wildman–Crippen LogP) is 4.91. The summed E-state index contributed by atoms with van der Waals surface area (Å²) < 4.78 is 1.40. The lowest BCUT2D eigenvalue weighted by Gasteiger charge is -2.16. The van der Waals surface area contributed by atoms with Gasteiger partial charge in [-0.25, -0.2) is 0 Å². The molecule has 0 fully saturated rings. The topological polar surface area (TPSA) is 12.0 Å². The number of benzene rings is 1. The van der Waals surface area contributed by atoms with Gasteiger partial charge in [-0.1, -0.05) is 38.5 Å². The number of hydrogen-bond acceptors (Lipinski definition) is 2. The molecule has 0 radical (unpaired) electrons. The lowest BCUT2D eigenvalue weighted by Crippen LogP contribution is -2.24. The molecule has 2 aromatic rings. The number of fused-ring (bicyclic) bond motifs is 1. The third-order valence-electron chi connectivity index (χ3n) is 3.74. The van der Waals surface area contributed by atoms with Gasteiger partial charge in [0.25, 0.3) is 0 Å². The molecule has 1 nitrogen and oxygen atoms in total. The highest BCUT2D eigenvalue weighted by atomic mass is 32.1. The molecule has 0 bridgehead atoms. The monoisotopic (exact) mass is 261 g/mol. The average molecular weight is 261 g/mol. The number of aryl methyl sites for hydroxylation is 1. The Kier molecular flexibility index (Phi) is 4.41. The van der Waals surface area contributed by atoms with Gasteiger partial charge in [0.2, 0.25) is 0 Å². The van der Waals surface area contributed by atoms with E-state index in [9.17, 15) is 0 Å². The first-order valence-corrected chi connectivity index (χ1v) is 7.66. The summed E-state index contributed by atoms with van der Waals surface area (Å²) in [7, 11) is 0. The van der Waals surface area contributed by atoms with Crippen molar-refractivity contribution in [3.63, 3.8) is 0 Å². The van der Waals surface area contributed by atoms with Crippen molar-refractivity contribution in [3.05, 3.63) is 34.7 Å². The summed E-state index contributed by atoms with van der Waals surface area (Å²) in [5, 5.41) is 5.07. The van der Waals surface area contributed by atoms with Gasteiger partial charge in [0.05, 0.1) is 0 Å². The molecule has 2 atom stereocenters. The van der Waals surface area contributed by atoms with Crippen molar-refractivity contribution in [2.45, 2.75) is 40.2 Å². The highest BCUT2D eigenvalue weighted by Crippen LogP contribution is 2.34. The molecule has 2 unspecified atom stereocenters. The second-order valence-electron chi connectivity index (χ2n) is 5.23. The van der Waals surface area contributed by atoms with E-state index in [0.717, 1.165) is 12.5 Å². The van der Waals surface area contributed by atoms with Gasteiger partial charge in [-0.3, -0.25) is 0 Å². The fourth-order valence-electron chi connectivity index (χ4n) is 2.22. The van der Waals surface area contributed by atoms with Gasteiger partial charge >= 0.3 is 0 Å². The highest BCUT2D eigenvalue weighted by Gasteiger charge is 2.14. The first-order chi connectivity index (χ1) is 8.63. The van der Waals surface area contributed by atoms with Gasteiger partial charge in [0, 0.05) is 15.6 Å². The molecular weight excluding hydrogens is 238 g/mol. The largest absolute Gasteiger partial charge is 0.309 e. The molecule has 0 aliphatic carbocycles. The maximum atomic E-state index is 3.66.